The maximum atomic E-state index is 12.5. The third-order valence-electron chi connectivity index (χ3n) is 3.47. The summed E-state index contributed by atoms with van der Waals surface area (Å²) in [5.74, 6) is 0. The molecule has 1 N–H and O–H groups in total. The molecule has 1 aliphatic rings. The van der Waals surface area contributed by atoms with Crippen LogP contribution in [0.1, 0.15) is 43.2 Å². The minimum Gasteiger partial charge on any atom is -0.377 e. The zero-order valence-corrected chi connectivity index (χ0v) is 11.1. The lowest BCUT2D eigenvalue weighted by Crippen LogP contribution is -2.21. The van der Waals surface area contributed by atoms with Gasteiger partial charge in [-0.1, -0.05) is 31.0 Å². The standard InChI is InChI=1S/C15H21F2NO/c16-15(17)13-5-3-4-12(10-13)11-18-8-9-19-14-6-1-2-7-14/h3-5,10,14-15,18H,1-2,6-9,11H2. The van der Waals surface area contributed by atoms with E-state index in [1.807, 2.05) is 6.07 Å². The van der Waals surface area contributed by atoms with Crippen molar-refractivity contribution in [2.24, 2.45) is 0 Å². The van der Waals surface area contributed by atoms with Crippen LogP contribution in [0.15, 0.2) is 24.3 Å². The number of benzene rings is 1. The van der Waals surface area contributed by atoms with Crippen LogP contribution in [0.2, 0.25) is 0 Å². The van der Waals surface area contributed by atoms with Crippen LogP contribution in [0.25, 0.3) is 0 Å². The minimum absolute atomic E-state index is 0.0847. The zero-order valence-electron chi connectivity index (χ0n) is 11.1. The Hall–Kier alpha value is -1.00. The highest BCUT2D eigenvalue weighted by Crippen LogP contribution is 2.20. The highest BCUT2D eigenvalue weighted by Gasteiger charge is 2.14. The number of rotatable bonds is 7. The van der Waals surface area contributed by atoms with E-state index in [1.165, 1.54) is 31.7 Å². The van der Waals surface area contributed by atoms with Crippen molar-refractivity contribution in [3.8, 4) is 0 Å². The smallest absolute Gasteiger partial charge is 0.263 e. The Kier molecular flexibility index (Phi) is 5.73. The average molecular weight is 269 g/mol. The molecule has 106 valence electrons. The van der Waals surface area contributed by atoms with Gasteiger partial charge >= 0.3 is 0 Å². The number of hydrogen-bond donors (Lipinski definition) is 1. The molecule has 1 fully saturated rings. The van der Waals surface area contributed by atoms with Crippen LogP contribution in [0.3, 0.4) is 0 Å². The molecule has 1 aliphatic carbocycles. The van der Waals surface area contributed by atoms with Crippen molar-refractivity contribution in [3.63, 3.8) is 0 Å². The van der Waals surface area contributed by atoms with Gasteiger partial charge in [0.25, 0.3) is 6.43 Å². The van der Waals surface area contributed by atoms with Crippen molar-refractivity contribution in [1.82, 2.24) is 5.32 Å². The molecule has 19 heavy (non-hydrogen) atoms. The molecule has 0 radical (unpaired) electrons. The summed E-state index contributed by atoms with van der Waals surface area (Å²) < 4.78 is 30.8. The van der Waals surface area contributed by atoms with E-state index in [1.54, 1.807) is 12.1 Å². The number of halogens is 2. The average Bonchev–Trinajstić information content (AvgIpc) is 2.92. The molecule has 0 aromatic heterocycles. The first-order valence-electron chi connectivity index (χ1n) is 6.95. The van der Waals surface area contributed by atoms with Gasteiger partial charge in [0, 0.05) is 18.7 Å². The molecule has 0 heterocycles. The first kappa shape index (κ1) is 14.4. The maximum Gasteiger partial charge on any atom is 0.263 e. The largest absolute Gasteiger partial charge is 0.377 e. The summed E-state index contributed by atoms with van der Waals surface area (Å²) in [4.78, 5) is 0. The van der Waals surface area contributed by atoms with Crippen LogP contribution in [0.5, 0.6) is 0 Å². The van der Waals surface area contributed by atoms with E-state index in [0.717, 1.165) is 12.1 Å². The topological polar surface area (TPSA) is 21.3 Å². The molecule has 1 aromatic rings. The van der Waals surface area contributed by atoms with Crippen LogP contribution in [0.4, 0.5) is 8.78 Å². The first-order chi connectivity index (χ1) is 9.25. The predicted molar refractivity (Wildman–Crippen MR) is 71.3 cm³/mol. The van der Waals surface area contributed by atoms with Crippen molar-refractivity contribution in [2.75, 3.05) is 13.2 Å². The molecule has 1 saturated carbocycles. The quantitative estimate of drug-likeness (QED) is 0.762. The number of ether oxygens (including phenoxy) is 1. The normalized spacial score (nSPS) is 16.4. The van der Waals surface area contributed by atoms with E-state index >= 15 is 0 Å². The summed E-state index contributed by atoms with van der Waals surface area (Å²) in [5.41, 5.74) is 0.972. The lowest BCUT2D eigenvalue weighted by atomic mass is 10.1. The molecule has 2 nitrogen and oxygen atoms in total. The fourth-order valence-corrected chi connectivity index (χ4v) is 2.42. The second kappa shape index (κ2) is 7.56. The van der Waals surface area contributed by atoms with Crippen LogP contribution in [-0.4, -0.2) is 19.3 Å². The van der Waals surface area contributed by atoms with E-state index in [2.05, 4.69) is 5.32 Å². The molecule has 0 unspecified atom stereocenters. The van der Waals surface area contributed by atoms with Gasteiger partial charge in [0.15, 0.2) is 0 Å². The van der Waals surface area contributed by atoms with Crippen molar-refractivity contribution in [1.29, 1.82) is 0 Å². The number of nitrogens with one attached hydrogen (secondary N) is 1. The van der Waals surface area contributed by atoms with Gasteiger partial charge in [-0.05, 0) is 24.5 Å². The Morgan fingerprint density at radius 1 is 1.26 bits per heavy atom. The summed E-state index contributed by atoms with van der Waals surface area (Å²) in [5, 5.41) is 3.22. The van der Waals surface area contributed by atoms with E-state index in [0.29, 0.717) is 19.3 Å². The lowest BCUT2D eigenvalue weighted by Gasteiger charge is -2.11. The molecule has 0 saturated heterocycles. The highest BCUT2D eigenvalue weighted by molar-refractivity contribution is 5.24. The maximum absolute atomic E-state index is 12.5. The summed E-state index contributed by atoms with van der Waals surface area (Å²) in [6, 6.07) is 6.54. The summed E-state index contributed by atoms with van der Waals surface area (Å²) in [7, 11) is 0. The monoisotopic (exact) mass is 269 g/mol. The Labute approximate surface area is 113 Å². The van der Waals surface area contributed by atoms with Crippen LogP contribution >= 0.6 is 0 Å². The van der Waals surface area contributed by atoms with Gasteiger partial charge < -0.3 is 10.1 Å². The fourth-order valence-electron chi connectivity index (χ4n) is 2.42. The van der Waals surface area contributed by atoms with Gasteiger partial charge in [-0.2, -0.15) is 0 Å². The van der Waals surface area contributed by atoms with E-state index in [9.17, 15) is 8.78 Å². The van der Waals surface area contributed by atoms with Gasteiger partial charge in [-0.25, -0.2) is 8.78 Å². The molecule has 0 atom stereocenters. The van der Waals surface area contributed by atoms with Crippen LogP contribution in [-0.2, 0) is 11.3 Å². The Morgan fingerprint density at radius 2 is 2.05 bits per heavy atom. The summed E-state index contributed by atoms with van der Waals surface area (Å²) in [6.07, 6.45) is 2.94. The molecule has 0 aliphatic heterocycles. The fraction of sp³-hybridized carbons (Fsp3) is 0.600. The molecular weight excluding hydrogens is 248 g/mol. The van der Waals surface area contributed by atoms with Gasteiger partial charge in [0.05, 0.1) is 12.7 Å². The molecule has 4 heteroatoms. The van der Waals surface area contributed by atoms with Crippen molar-refractivity contribution < 1.29 is 13.5 Å². The zero-order chi connectivity index (χ0) is 13.5. The van der Waals surface area contributed by atoms with E-state index < -0.39 is 6.43 Å². The Morgan fingerprint density at radius 3 is 2.79 bits per heavy atom. The highest BCUT2D eigenvalue weighted by atomic mass is 19.3. The number of hydrogen-bond acceptors (Lipinski definition) is 2. The van der Waals surface area contributed by atoms with Gasteiger partial charge in [-0.3, -0.25) is 0 Å². The SMILES string of the molecule is FC(F)c1cccc(CNCCOC2CCCC2)c1. The van der Waals surface area contributed by atoms with Crippen molar-refractivity contribution >= 4 is 0 Å². The third kappa shape index (κ3) is 4.88. The van der Waals surface area contributed by atoms with E-state index in [4.69, 9.17) is 4.74 Å². The van der Waals surface area contributed by atoms with Crippen LogP contribution < -0.4 is 5.32 Å². The summed E-state index contributed by atoms with van der Waals surface area (Å²) in [6.45, 7) is 2.06. The minimum atomic E-state index is -2.40. The second-order valence-corrected chi connectivity index (χ2v) is 5.00. The van der Waals surface area contributed by atoms with Gasteiger partial charge in [-0.15, -0.1) is 0 Å². The molecule has 1 aromatic carbocycles. The third-order valence-corrected chi connectivity index (χ3v) is 3.47. The predicted octanol–water partition coefficient (Wildman–Crippen LogP) is 3.67. The van der Waals surface area contributed by atoms with Crippen molar-refractivity contribution in [3.05, 3.63) is 35.4 Å². The van der Waals surface area contributed by atoms with Gasteiger partial charge in [0.1, 0.15) is 0 Å². The molecular formula is C15H21F2NO. The molecule has 0 spiro atoms. The first-order valence-corrected chi connectivity index (χ1v) is 6.95. The van der Waals surface area contributed by atoms with Crippen molar-refractivity contribution in [2.45, 2.75) is 44.8 Å². The lowest BCUT2D eigenvalue weighted by molar-refractivity contribution is 0.0602. The van der Waals surface area contributed by atoms with Crippen LogP contribution in [0, 0.1) is 0 Å². The Bertz CT molecular complexity index is 378. The molecule has 0 bridgehead atoms. The Balaban J connectivity index is 1.63. The van der Waals surface area contributed by atoms with Gasteiger partial charge in [0.2, 0.25) is 0 Å². The molecule has 0 amide bonds. The number of alkyl halides is 2. The van der Waals surface area contributed by atoms with E-state index in [-0.39, 0.29) is 5.56 Å². The summed E-state index contributed by atoms with van der Waals surface area (Å²) >= 11 is 0. The molecule has 2 rings (SSSR count). The second-order valence-electron chi connectivity index (χ2n) is 5.00.